The van der Waals surface area contributed by atoms with Crippen LogP contribution in [0.1, 0.15) is 40.0 Å². The number of nitrogens with one attached hydrogen (secondary N) is 2. The minimum absolute atomic E-state index is 0.117. The molecule has 25 heavy (non-hydrogen) atoms. The molecular formula is C17H22FN5O2. The number of H-pyrrole nitrogens is 1. The van der Waals surface area contributed by atoms with Gasteiger partial charge in [0.15, 0.2) is 5.82 Å². The van der Waals surface area contributed by atoms with Crippen molar-refractivity contribution in [3.63, 3.8) is 0 Å². The number of methoxy groups -OCH3 is 1. The molecule has 2 atom stereocenters. The SMILES string of the molecule is COCc1ccccc1C(=O)N(C)Cc1nc([C@H]2C[C@H](F)CN2)n[nH]1. The highest BCUT2D eigenvalue weighted by Crippen LogP contribution is 2.22. The summed E-state index contributed by atoms with van der Waals surface area (Å²) < 4.78 is 18.4. The third-order valence-corrected chi connectivity index (χ3v) is 4.22. The van der Waals surface area contributed by atoms with Crippen LogP contribution in [-0.4, -0.2) is 52.9 Å². The molecule has 7 nitrogen and oxygen atoms in total. The number of rotatable bonds is 6. The fourth-order valence-electron chi connectivity index (χ4n) is 2.94. The van der Waals surface area contributed by atoms with E-state index in [1.165, 1.54) is 0 Å². The molecule has 0 saturated carbocycles. The van der Waals surface area contributed by atoms with Crippen LogP contribution in [0.25, 0.3) is 0 Å². The first-order chi connectivity index (χ1) is 12.1. The molecule has 0 aliphatic carbocycles. The highest BCUT2D eigenvalue weighted by molar-refractivity contribution is 5.95. The number of ether oxygens (including phenoxy) is 1. The molecule has 2 heterocycles. The summed E-state index contributed by atoms with van der Waals surface area (Å²) in [5, 5.41) is 10.0. The zero-order chi connectivity index (χ0) is 17.8. The number of benzene rings is 1. The summed E-state index contributed by atoms with van der Waals surface area (Å²) in [5.74, 6) is 0.989. The molecule has 1 fully saturated rings. The van der Waals surface area contributed by atoms with Gasteiger partial charge in [-0.3, -0.25) is 9.89 Å². The number of alkyl halides is 1. The number of halogens is 1. The zero-order valence-corrected chi connectivity index (χ0v) is 14.3. The Bertz CT molecular complexity index is 735. The van der Waals surface area contributed by atoms with Gasteiger partial charge < -0.3 is 15.0 Å². The maximum Gasteiger partial charge on any atom is 0.254 e. The minimum Gasteiger partial charge on any atom is -0.380 e. The molecule has 1 aromatic heterocycles. The van der Waals surface area contributed by atoms with Crippen molar-refractivity contribution in [1.82, 2.24) is 25.4 Å². The Morgan fingerprint density at radius 1 is 1.44 bits per heavy atom. The molecule has 1 amide bonds. The van der Waals surface area contributed by atoms with Crippen molar-refractivity contribution in [2.45, 2.75) is 31.8 Å². The Hall–Kier alpha value is -2.32. The van der Waals surface area contributed by atoms with Gasteiger partial charge in [-0.05, 0) is 11.6 Å². The second kappa shape index (κ2) is 7.71. The summed E-state index contributed by atoms with van der Waals surface area (Å²) in [5.41, 5.74) is 1.44. The fraction of sp³-hybridized carbons (Fsp3) is 0.471. The Morgan fingerprint density at radius 2 is 2.24 bits per heavy atom. The first-order valence-electron chi connectivity index (χ1n) is 8.19. The quantitative estimate of drug-likeness (QED) is 0.829. The summed E-state index contributed by atoms with van der Waals surface area (Å²) in [4.78, 5) is 18.7. The second-order valence-electron chi connectivity index (χ2n) is 6.19. The van der Waals surface area contributed by atoms with E-state index in [2.05, 4.69) is 20.5 Å². The Kier molecular flexibility index (Phi) is 5.40. The monoisotopic (exact) mass is 347 g/mol. The molecule has 1 aliphatic heterocycles. The van der Waals surface area contributed by atoms with Crippen molar-refractivity contribution in [2.24, 2.45) is 0 Å². The minimum atomic E-state index is -0.867. The van der Waals surface area contributed by atoms with E-state index in [0.29, 0.717) is 43.3 Å². The lowest BCUT2D eigenvalue weighted by Crippen LogP contribution is -2.27. The lowest BCUT2D eigenvalue weighted by molar-refractivity contribution is 0.0776. The first-order valence-corrected chi connectivity index (χ1v) is 8.19. The number of amides is 1. The van der Waals surface area contributed by atoms with Gasteiger partial charge in [-0.25, -0.2) is 9.37 Å². The van der Waals surface area contributed by atoms with Crippen LogP contribution in [0.5, 0.6) is 0 Å². The Balaban J connectivity index is 1.67. The van der Waals surface area contributed by atoms with E-state index in [1.807, 2.05) is 18.2 Å². The summed E-state index contributed by atoms with van der Waals surface area (Å²) in [6.07, 6.45) is -0.496. The van der Waals surface area contributed by atoms with E-state index in [1.54, 1.807) is 25.1 Å². The van der Waals surface area contributed by atoms with Crippen LogP contribution >= 0.6 is 0 Å². The van der Waals surface area contributed by atoms with Gasteiger partial charge in [0, 0.05) is 32.7 Å². The second-order valence-corrected chi connectivity index (χ2v) is 6.19. The normalized spacial score (nSPS) is 20.0. The molecule has 3 rings (SSSR count). The maximum absolute atomic E-state index is 13.3. The van der Waals surface area contributed by atoms with E-state index < -0.39 is 6.17 Å². The molecule has 1 saturated heterocycles. The summed E-state index contributed by atoms with van der Waals surface area (Å²) in [6, 6.07) is 7.18. The van der Waals surface area contributed by atoms with Crippen LogP contribution in [-0.2, 0) is 17.9 Å². The van der Waals surface area contributed by atoms with Gasteiger partial charge in [-0.2, -0.15) is 5.10 Å². The standard InChI is InChI=1S/C17H22FN5O2/c1-23(17(24)13-6-4-3-5-11(13)10-25-2)9-15-20-16(22-21-15)14-7-12(18)8-19-14/h3-6,12,14,19H,7-10H2,1-2H3,(H,20,21,22)/t12-,14+/m0/s1. The smallest absolute Gasteiger partial charge is 0.254 e. The molecule has 1 aliphatic rings. The fourth-order valence-corrected chi connectivity index (χ4v) is 2.94. The first kappa shape index (κ1) is 17.5. The number of carbonyl (C=O) groups excluding carboxylic acids is 1. The summed E-state index contributed by atoms with van der Waals surface area (Å²) in [7, 11) is 3.31. The van der Waals surface area contributed by atoms with E-state index in [0.717, 1.165) is 5.56 Å². The lowest BCUT2D eigenvalue weighted by atomic mass is 10.1. The molecular weight excluding hydrogens is 325 g/mol. The molecule has 134 valence electrons. The van der Waals surface area contributed by atoms with Gasteiger partial charge >= 0.3 is 0 Å². The molecule has 2 N–H and O–H groups in total. The predicted molar refractivity (Wildman–Crippen MR) is 89.6 cm³/mol. The summed E-state index contributed by atoms with van der Waals surface area (Å²) in [6.45, 7) is 0.988. The molecule has 1 aromatic carbocycles. The van der Waals surface area contributed by atoms with Gasteiger partial charge in [0.2, 0.25) is 0 Å². The van der Waals surface area contributed by atoms with E-state index in [-0.39, 0.29) is 11.9 Å². The van der Waals surface area contributed by atoms with Crippen molar-refractivity contribution < 1.29 is 13.9 Å². The predicted octanol–water partition coefficient (Wildman–Crippen LogP) is 1.60. The number of carbonyl (C=O) groups is 1. The molecule has 0 spiro atoms. The van der Waals surface area contributed by atoms with Gasteiger partial charge in [-0.1, -0.05) is 18.2 Å². The number of hydrogen-bond acceptors (Lipinski definition) is 5. The Labute approximate surface area is 145 Å². The van der Waals surface area contributed by atoms with E-state index in [4.69, 9.17) is 4.74 Å². The van der Waals surface area contributed by atoms with Gasteiger partial charge in [0.1, 0.15) is 12.0 Å². The third kappa shape index (κ3) is 4.02. The van der Waals surface area contributed by atoms with Gasteiger partial charge in [-0.15, -0.1) is 0 Å². The van der Waals surface area contributed by atoms with Crippen LogP contribution in [0.4, 0.5) is 4.39 Å². The van der Waals surface area contributed by atoms with Crippen molar-refractivity contribution in [3.8, 4) is 0 Å². The lowest BCUT2D eigenvalue weighted by Gasteiger charge is -2.17. The number of hydrogen-bond donors (Lipinski definition) is 2. The van der Waals surface area contributed by atoms with Crippen molar-refractivity contribution in [2.75, 3.05) is 20.7 Å². The molecule has 0 radical (unpaired) electrons. The van der Waals surface area contributed by atoms with Gasteiger partial charge in [0.05, 0.1) is 19.2 Å². The van der Waals surface area contributed by atoms with Crippen molar-refractivity contribution in [3.05, 3.63) is 47.0 Å². The van der Waals surface area contributed by atoms with E-state index >= 15 is 0 Å². The summed E-state index contributed by atoms with van der Waals surface area (Å²) >= 11 is 0. The average molecular weight is 347 g/mol. The molecule has 8 heteroatoms. The molecule has 0 bridgehead atoms. The van der Waals surface area contributed by atoms with Crippen molar-refractivity contribution in [1.29, 1.82) is 0 Å². The van der Waals surface area contributed by atoms with E-state index in [9.17, 15) is 9.18 Å². The van der Waals surface area contributed by atoms with Crippen LogP contribution in [0, 0.1) is 0 Å². The molecule has 0 unspecified atom stereocenters. The highest BCUT2D eigenvalue weighted by Gasteiger charge is 2.28. The maximum atomic E-state index is 13.3. The largest absolute Gasteiger partial charge is 0.380 e. The topological polar surface area (TPSA) is 83.1 Å². The highest BCUT2D eigenvalue weighted by atomic mass is 19.1. The van der Waals surface area contributed by atoms with Crippen LogP contribution < -0.4 is 5.32 Å². The number of nitrogens with zero attached hydrogens (tertiary/aromatic N) is 3. The number of aromatic nitrogens is 3. The van der Waals surface area contributed by atoms with Crippen molar-refractivity contribution >= 4 is 5.91 Å². The average Bonchev–Trinajstić information content (AvgIpc) is 3.24. The zero-order valence-electron chi connectivity index (χ0n) is 14.3. The Morgan fingerprint density at radius 3 is 2.96 bits per heavy atom. The van der Waals surface area contributed by atoms with Crippen LogP contribution in [0.3, 0.4) is 0 Å². The third-order valence-electron chi connectivity index (χ3n) is 4.22. The number of aromatic amines is 1. The molecule has 2 aromatic rings. The van der Waals surface area contributed by atoms with Gasteiger partial charge in [0.25, 0.3) is 5.91 Å². The van der Waals surface area contributed by atoms with Crippen LogP contribution in [0.2, 0.25) is 0 Å². The van der Waals surface area contributed by atoms with Crippen LogP contribution in [0.15, 0.2) is 24.3 Å².